The van der Waals surface area contributed by atoms with Crippen molar-refractivity contribution in [1.29, 1.82) is 0 Å². The van der Waals surface area contributed by atoms with Gasteiger partial charge in [0, 0.05) is 17.1 Å². The summed E-state index contributed by atoms with van der Waals surface area (Å²) in [6, 6.07) is 24.6. The summed E-state index contributed by atoms with van der Waals surface area (Å²) in [7, 11) is 1.59. The molecule has 0 radical (unpaired) electrons. The van der Waals surface area contributed by atoms with Crippen molar-refractivity contribution >= 4 is 16.6 Å². The van der Waals surface area contributed by atoms with Gasteiger partial charge < -0.3 is 9.30 Å². The molecule has 4 aromatic rings. The lowest BCUT2D eigenvalue weighted by Crippen LogP contribution is -2.23. The van der Waals surface area contributed by atoms with Gasteiger partial charge in [0.2, 0.25) is 0 Å². The molecule has 0 saturated heterocycles. The number of hydrogen-bond acceptors (Lipinski definition) is 3. The molecule has 4 nitrogen and oxygen atoms in total. The second-order valence-electron chi connectivity index (χ2n) is 6.57. The zero-order valence-electron chi connectivity index (χ0n) is 15.5. The van der Waals surface area contributed by atoms with Crippen molar-refractivity contribution in [1.82, 2.24) is 4.57 Å². The van der Waals surface area contributed by atoms with Crippen LogP contribution < -0.4 is 10.3 Å². The lowest BCUT2D eigenvalue weighted by Gasteiger charge is -2.08. The number of pyridine rings is 1. The third-order valence-corrected chi connectivity index (χ3v) is 4.81. The van der Waals surface area contributed by atoms with Crippen LogP contribution in [0.25, 0.3) is 21.9 Å². The first kappa shape index (κ1) is 17.7. The molecule has 4 heteroatoms. The summed E-state index contributed by atoms with van der Waals surface area (Å²) in [5.41, 5.74) is 2.55. The minimum Gasteiger partial charge on any atom is -0.497 e. The Hall–Kier alpha value is -3.66. The van der Waals surface area contributed by atoms with Crippen molar-refractivity contribution in [2.45, 2.75) is 6.54 Å². The van der Waals surface area contributed by atoms with Crippen LogP contribution in [0.5, 0.6) is 5.75 Å². The van der Waals surface area contributed by atoms with Crippen molar-refractivity contribution in [2.24, 2.45) is 0 Å². The molecule has 0 spiro atoms. The zero-order chi connectivity index (χ0) is 19.5. The Bertz CT molecular complexity index is 1190. The zero-order valence-corrected chi connectivity index (χ0v) is 15.5. The van der Waals surface area contributed by atoms with E-state index < -0.39 is 0 Å². The number of ether oxygens (including phenoxy) is 1. The fourth-order valence-electron chi connectivity index (χ4n) is 3.24. The molecule has 1 aromatic heterocycles. The third kappa shape index (κ3) is 3.45. The van der Waals surface area contributed by atoms with Gasteiger partial charge in [0.1, 0.15) is 5.75 Å². The van der Waals surface area contributed by atoms with Gasteiger partial charge in [-0.25, -0.2) is 0 Å². The Morgan fingerprint density at radius 3 is 2.32 bits per heavy atom. The maximum Gasteiger partial charge on any atom is 0.258 e. The van der Waals surface area contributed by atoms with Gasteiger partial charge in [-0.15, -0.1) is 0 Å². The predicted molar refractivity (Wildman–Crippen MR) is 111 cm³/mol. The van der Waals surface area contributed by atoms with Gasteiger partial charge >= 0.3 is 0 Å². The van der Waals surface area contributed by atoms with Crippen LogP contribution in [0.3, 0.4) is 0 Å². The number of carbonyl (C=O) groups excluding carboxylic acids is 1. The first-order valence-corrected chi connectivity index (χ1v) is 9.01. The van der Waals surface area contributed by atoms with Crippen molar-refractivity contribution in [3.05, 3.63) is 101 Å². The van der Waals surface area contributed by atoms with Crippen LogP contribution in [0.1, 0.15) is 10.4 Å². The number of fused-ring (bicyclic) bond motifs is 1. The Kier molecular flexibility index (Phi) is 4.77. The molecular formula is C24H19NO3. The average Bonchev–Trinajstić information content (AvgIpc) is 2.76. The number of rotatable bonds is 5. The Morgan fingerprint density at radius 1 is 0.893 bits per heavy atom. The summed E-state index contributed by atoms with van der Waals surface area (Å²) in [5, 5.41) is 1.36. The van der Waals surface area contributed by atoms with Crippen LogP contribution in [0.2, 0.25) is 0 Å². The third-order valence-electron chi connectivity index (χ3n) is 4.81. The van der Waals surface area contributed by atoms with Gasteiger partial charge in [0.15, 0.2) is 5.78 Å². The SMILES string of the molecule is COc1ccc2c(=O)n(CC(=O)c3ccc(-c4ccccc4)cc3)ccc2c1. The van der Waals surface area contributed by atoms with Crippen molar-refractivity contribution in [3.8, 4) is 16.9 Å². The predicted octanol–water partition coefficient (Wildman–Crippen LogP) is 4.56. The average molecular weight is 369 g/mol. The number of benzene rings is 3. The molecule has 0 atom stereocenters. The quantitative estimate of drug-likeness (QED) is 0.485. The highest BCUT2D eigenvalue weighted by molar-refractivity contribution is 5.96. The molecule has 0 aliphatic rings. The number of methoxy groups -OCH3 is 1. The second-order valence-corrected chi connectivity index (χ2v) is 6.57. The maximum atomic E-state index is 12.7. The van der Waals surface area contributed by atoms with E-state index in [2.05, 4.69) is 0 Å². The van der Waals surface area contributed by atoms with Gasteiger partial charge in [-0.2, -0.15) is 0 Å². The molecule has 28 heavy (non-hydrogen) atoms. The lowest BCUT2D eigenvalue weighted by atomic mass is 10.0. The van der Waals surface area contributed by atoms with E-state index in [1.807, 2.05) is 66.7 Å². The van der Waals surface area contributed by atoms with Crippen LogP contribution in [-0.2, 0) is 6.54 Å². The lowest BCUT2D eigenvalue weighted by molar-refractivity contribution is 0.0971. The first-order valence-electron chi connectivity index (χ1n) is 9.01. The molecule has 0 unspecified atom stereocenters. The van der Waals surface area contributed by atoms with Crippen molar-refractivity contribution in [3.63, 3.8) is 0 Å². The van der Waals surface area contributed by atoms with Gasteiger partial charge in [-0.1, -0.05) is 54.6 Å². The van der Waals surface area contributed by atoms with Crippen LogP contribution in [0.4, 0.5) is 0 Å². The number of Topliss-reactive ketones (excluding diaryl/α,β-unsaturated/α-hetero) is 1. The molecule has 0 N–H and O–H groups in total. The van der Waals surface area contributed by atoms with E-state index in [1.54, 1.807) is 25.4 Å². The highest BCUT2D eigenvalue weighted by Gasteiger charge is 2.10. The van der Waals surface area contributed by atoms with Gasteiger partial charge in [-0.3, -0.25) is 9.59 Å². The highest BCUT2D eigenvalue weighted by atomic mass is 16.5. The maximum absolute atomic E-state index is 12.7. The van der Waals surface area contributed by atoms with E-state index in [-0.39, 0.29) is 17.9 Å². The van der Waals surface area contributed by atoms with Gasteiger partial charge in [0.05, 0.1) is 13.7 Å². The standard InChI is InChI=1S/C24H19NO3/c1-28-21-11-12-22-20(15-21)13-14-25(24(22)27)16-23(26)19-9-7-18(8-10-19)17-5-3-2-4-6-17/h2-15H,16H2,1H3. The molecule has 0 aliphatic heterocycles. The van der Waals surface area contributed by atoms with E-state index in [9.17, 15) is 9.59 Å². The summed E-state index contributed by atoms with van der Waals surface area (Å²) in [4.78, 5) is 25.4. The first-order chi connectivity index (χ1) is 13.7. The Morgan fingerprint density at radius 2 is 1.61 bits per heavy atom. The normalized spacial score (nSPS) is 10.8. The highest BCUT2D eigenvalue weighted by Crippen LogP contribution is 2.20. The minimum absolute atomic E-state index is 0.00544. The van der Waals surface area contributed by atoms with Gasteiger partial charge in [0.25, 0.3) is 5.56 Å². The monoisotopic (exact) mass is 369 g/mol. The molecule has 4 rings (SSSR count). The number of nitrogens with zero attached hydrogens (tertiary/aromatic N) is 1. The van der Waals surface area contributed by atoms with Crippen molar-refractivity contribution in [2.75, 3.05) is 7.11 Å². The summed E-state index contributed by atoms with van der Waals surface area (Å²) in [6.07, 6.45) is 1.65. The molecule has 0 fully saturated rings. The summed E-state index contributed by atoms with van der Waals surface area (Å²) >= 11 is 0. The second kappa shape index (κ2) is 7.53. The van der Waals surface area contributed by atoms with Crippen molar-refractivity contribution < 1.29 is 9.53 Å². The van der Waals surface area contributed by atoms with E-state index in [0.717, 1.165) is 16.5 Å². The van der Waals surface area contributed by atoms with E-state index >= 15 is 0 Å². The fourth-order valence-corrected chi connectivity index (χ4v) is 3.24. The minimum atomic E-state index is -0.186. The van der Waals surface area contributed by atoms with Crippen LogP contribution in [0.15, 0.2) is 89.9 Å². The Labute approximate surface area is 162 Å². The fraction of sp³-hybridized carbons (Fsp3) is 0.0833. The molecule has 1 heterocycles. The topological polar surface area (TPSA) is 48.3 Å². The van der Waals surface area contributed by atoms with E-state index in [1.165, 1.54) is 4.57 Å². The smallest absolute Gasteiger partial charge is 0.258 e. The molecule has 3 aromatic carbocycles. The van der Waals surface area contributed by atoms with Gasteiger partial charge in [-0.05, 0) is 40.8 Å². The molecule has 0 aliphatic carbocycles. The molecule has 0 bridgehead atoms. The van der Waals surface area contributed by atoms with Crippen LogP contribution in [-0.4, -0.2) is 17.5 Å². The van der Waals surface area contributed by atoms with E-state index in [4.69, 9.17) is 4.74 Å². The van der Waals surface area contributed by atoms with E-state index in [0.29, 0.717) is 16.7 Å². The number of hydrogen-bond donors (Lipinski definition) is 0. The van der Waals surface area contributed by atoms with Crippen LogP contribution >= 0.6 is 0 Å². The summed E-state index contributed by atoms with van der Waals surface area (Å²) < 4.78 is 6.64. The number of carbonyl (C=O) groups is 1. The largest absolute Gasteiger partial charge is 0.497 e. The Balaban J connectivity index is 1.58. The number of ketones is 1. The van der Waals surface area contributed by atoms with Crippen LogP contribution in [0, 0.1) is 0 Å². The number of aromatic nitrogens is 1. The summed E-state index contributed by atoms with van der Waals surface area (Å²) in [6.45, 7) is 0.00544. The molecule has 138 valence electrons. The molecule has 0 amide bonds. The molecule has 0 saturated carbocycles. The summed E-state index contributed by atoms with van der Waals surface area (Å²) in [5.74, 6) is 0.591. The molecular weight excluding hydrogens is 350 g/mol.